The summed E-state index contributed by atoms with van der Waals surface area (Å²) >= 11 is 4.24. The van der Waals surface area contributed by atoms with E-state index < -0.39 is 0 Å². The van der Waals surface area contributed by atoms with Crippen molar-refractivity contribution in [1.29, 1.82) is 0 Å². The number of pyridine rings is 1. The van der Waals surface area contributed by atoms with Crippen molar-refractivity contribution in [3.8, 4) is 0 Å². The minimum Gasteiger partial charge on any atom is -0.256 e. The maximum Gasteiger partial charge on any atom is 0.0707 e. The van der Waals surface area contributed by atoms with Crippen LogP contribution in [0, 0.1) is 0 Å². The standard InChI is InChI=1S/C9H9NS/c1-3-7-8(4-2)10-6-5-9(7)11/h3-6H,1-2H2,(H,10,11). The molecule has 1 aromatic heterocycles. The van der Waals surface area contributed by atoms with Crippen molar-refractivity contribution in [2.75, 3.05) is 0 Å². The van der Waals surface area contributed by atoms with Gasteiger partial charge in [-0.1, -0.05) is 19.2 Å². The number of hydrogen-bond acceptors (Lipinski definition) is 2. The summed E-state index contributed by atoms with van der Waals surface area (Å²) in [7, 11) is 0. The zero-order chi connectivity index (χ0) is 8.27. The average Bonchev–Trinajstić information content (AvgIpc) is 2.04. The van der Waals surface area contributed by atoms with Gasteiger partial charge in [0.15, 0.2) is 0 Å². The van der Waals surface area contributed by atoms with E-state index >= 15 is 0 Å². The second-order valence-electron chi connectivity index (χ2n) is 2.04. The third kappa shape index (κ3) is 1.52. The molecule has 0 aliphatic rings. The minimum absolute atomic E-state index is 0.826. The zero-order valence-electron chi connectivity index (χ0n) is 6.12. The van der Waals surface area contributed by atoms with Crippen molar-refractivity contribution >= 4 is 24.8 Å². The van der Waals surface area contributed by atoms with Gasteiger partial charge in [-0.05, 0) is 12.1 Å². The molecule has 0 aliphatic heterocycles. The molecule has 2 heteroatoms. The number of hydrogen-bond donors (Lipinski definition) is 1. The summed E-state index contributed by atoms with van der Waals surface area (Å²) in [4.78, 5) is 4.97. The Hall–Kier alpha value is -1.02. The Bertz CT molecular complexity index is 292. The molecule has 0 aliphatic carbocycles. The molecule has 0 saturated heterocycles. The van der Waals surface area contributed by atoms with E-state index in [0.717, 1.165) is 16.2 Å². The van der Waals surface area contributed by atoms with E-state index in [2.05, 4.69) is 30.8 Å². The van der Waals surface area contributed by atoms with E-state index in [1.807, 2.05) is 6.07 Å². The summed E-state index contributed by atoms with van der Waals surface area (Å²) < 4.78 is 0. The van der Waals surface area contributed by atoms with Crippen LogP contribution in [-0.2, 0) is 0 Å². The third-order valence-electron chi connectivity index (χ3n) is 1.40. The fourth-order valence-corrected chi connectivity index (χ4v) is 1.12. The first kappa shape index (κ1) is 8.08. The Labute approximate surface area is 71.9 Å². The van der Waals surface area contributed by atoms with Gasteiger partial charge < -0.3 is 0 Å². The van der Waals surface area contributed by atoms with Crippen molar-refractivity contribution < 1.29 is 0 Å². The molecule has 0 saturated carbocycles. The summed E-state index contributed by atoms with van der Waals surface area (Å²) in [6.45, 7) is 7.30. The van der Waals surface area contributed by atoms with E-state index in [9.17, 15) is 0 Å². The first-order valence-corrected chi connectivity index (χ1v) is 3.67. The topological polar surface area (TPSA) is 12.9 Å². The number of rotatable bonds is 2. The van der Waals surface area contributed by atoms with Gasteiger partial charge in [-0.3, -0.25) is 4.98 Å². The maximum absolute atomic E-state index is 4.24. The highest BCUT2D eigenvalue weighted by molar-refractivity contribution is 7.80. The molecule has 0 spiro atoms. The van der Waals surface area contributed by atoms with E-state index in [1.54, 1.807) is 18.3 Å². The second kappa shape index (κ2) is 3.39. The van der Waals surface area contributed by atoms with Gasteiger partial charge in [0.2, 0.25) is 0 Å². The summed E-state index contributed by atoms with van der Waals surface area (Å²) in [5.41, 5.74) is 1.76. The third-order valence-corrected chi connectivity index (χ3v) is 1.79. The number of aromatic nitrogens is 1. The van der Waals surface area contributed by atoms with Gasteiger partial charge in [0.1, 0.15) is 0 Å². The Morgan fingerprint density at radius 2 is 2.09 bits per heavy atom. The van der Waals surface area contributed by atoms with Crippen molar-refractivity contribution in [2.45, 2.75) is 4.90 Å². The van der Waals surface area contributed by atoms with Crippen LogP contribution in [0.25, 0.3) is 12.2 Å². The molecular formula is C9H9NS. The van der Waals surface area contributed by atoms with Gasteiger partial charge >= 0.3 is 0 Å². The van der Waals surface area contributed by atoms with Crippen LogP contribution in [0.3, 0.4) is 0 Å². The maximum atomic E-state index is 4.24. The van der Waals surface area contributed by atoms with Crippen LogP contribution < -0.4 is 0 Å². The quantitative estimate of drug-likeness (QED) is 0.661. The lowest BCUT2D eigenvalue weighted by atomic mass is 10.2. The molecule has 1 nitrogen and oxygen atoms in total. The lowest BCUT2D eigenvalue weighted by molar-refractivity contribution is 1.22. The van der Waals surface area contributed by atoms with E-state index in [1.165, 1.54) is 0 Å². The van der Waals surface area contributed by atoms with Crippen LogP contribution in [0.4, 0.5) is 0 Å². The van der Waals surface area contributed by atoms with E-state index in [0.29, 0.717) is 0 Å². The van der Waals surface area contributed by atoms with Gasteiger partial charge in [-0.2, -0.15) is 0 Å². The molecule has 0 atom stereocenters. The molecule has 11 heavy (non-hydrogen) atoms. The molecule has 1 aromatic rings. The molecule has 0 unspecified atom stereocenters. The average molecular weight is 163 g/mol. The number of nitrogens with zero attached hydrogens (tertiary/aromatic N) is 1. The Balaban J connectivity index is 3.35. The van der Waals surface area contributed by atoms with Crippen LogP contribution in [-0.4, -0.2) is 4.98 Å². The highest BCUT2D eigenvalue weighted by Gasteiger charge is 1.98. The molecule has 0 aromatic carbocycles. The normalized spacial score (nSPS) is 9.18. The lowest BCUT2D eigenvalue weighted by Gasteiger charge is -2.01. The Morgan fingerprint density at radius 3 is 2.55 bits per heavy atom. The highest BCUT2D eigenvalue weighted by atomic mass is 32.1. The van der Waals surface area contributed by atoms with Crippen molar-refractivity contribution in [2.24, 2.45) is 0 Å². The molecule has 0 N–H and O–H groups in total. The molecule has 0 bridgehead atoms. The molecule has 1 rings (SSSR count). The van der Waals surface area contributed by atoms with Gasteiger partial charge in [-0.15, -0.1) is 12.6 Å². The van der Waals surface area contributed by atoms with Crippen molar-refractivity contribution in [3.63, 3.8) is 0 Å². The first-order chi connectivity index (χ1) is 5.29. The van der Waals surface area contributed by atoms with Crippen molar-refractivity contribution in [1.82, 2.24) is 4.98 Å². The lowest BCUT2D eigenvalue weighted by Crippen LogP contribution is -1.86. The van der Waals surface area contributed by atoms with Crippen LogP contribution in [0.2, 0.25) is 0 Å². The predicted molar refractivity (Wildman–Crippen MR) is 51.7 cm³/mol. The van der Waals surface area contributed by atoms with Crippen LogP contribution in [0.1, 0.15) is 11.3 Å². The molecule has 1 heterocycles. The van der Waals surface area contributed by atoms with Gasteiger partial charge in [-0.25, -0.2) is 0 Å². The number of thiol groups is 1. The smallest absolute Gasteiger partial charge is 0.0707 e. The van der Waals surface area contributed by atoms with E-state index in [-0.39, 0.29) is 0 Å². The second-order valence-corrected chi connectivity index (χ2v) is 2.52. The minimum atomic E-state index is 0.826. The SMILES string of the molecule is C=Cc1nccc(S)c1C=C. The molecular weight excluding hydrogens is 154 g/mol. The van der Waals surface area contributed by atoms with Gasteiger partial charge in [0, 0.05) is 16.7 Å². The molecule has 0 amide bonds. The summed E-state index contributed by atoms with van der Waals surface area (Å²) in [6, 6.07) is 1.83. The molecule has 56 valence electrons. The highest BCUT2D eigenvalue weighted by Crippen LogP contribution is 2.17. The summed E-state index contributed by atoms with van der Waals surface area (Å²) in [5.74, 6) is 0. The largest absolute Gasteiger partial charge is 0.256 e. The summed E-state index contributed by atoms with van der Waals surface area (Å²) in [5, 5.41) is 0. The monoisotopic (exact) mass is 163 g/mol. The van der Waals surface area contributed by atoms with E-state index in [4.69, 9.17) is 0 Å². The van der Waals surface area contributed by atoms with Crippen LogP contribution in [0.15, 0.2) is 30.3 Å². The van der Waals surface area contributed by atoms with Gasteiger partial charge in [0.05, 0.1) is 5.69 Å². The molecule has 0 fully saturated rings. The fourth-order valence-electron chi connectivity index (χ4n) is 0.851. The predicted octanol–water partition coefficient (Wildman–Crippen LogP) is 2.66. The first-order valence-electron chi connectivity index (χ1n) is 3.22. The Kier molecular flexibility index (Phi) is 2.49. The van der Waals surface area contributed by atoms with Crippen molar-refractivity contribution in [3.05, 3.63) is 36.7 Å². The molecule has 0 radical (unpaired) electrons. The van der Waals surface area contributed by atoms with Gasteiger partial charge in [0.25, 0.3) is 0 Å². The Morgan fingerprint density at radius 1 is 1.36 bits per heavy atom. The van der Waals surface area contributed by atoms with Crippen LogP contribution >= 0.6 is 12.6 Å². The van der Waals surface area contributed by atoms with Crippen LogP contribution in [0.5, 0.6) is 0 Å². The zero-order valence-corrected chi connectivity index (χ0v) is 7.01. The summed E-state index contributed by atoms with van der Waals surface area (Å²) in [6.07, 6.45) is 5.12. The fraction of sp³-hybridized carbons (Fsp3) is 0.